The molecule has 0 bridgehead atoms. The minimum absolute atomic E-state index is 0.160. The fraction of sp³-hybridized carbons (Fsp3) is 0.400. The van der Waals surface area contributed by atoms with E-state index in [0.717, 1.165) is 11.5 Å². The molecular weight excluding hydrogens is 305 g/mol. The molecule has 0 unspecified atom stereocenters. The third kappa shape index (κ3) is 4.24. The van der Waals surface area contributed by atoms with Crippen molar-refractivity contribution < 1.29 is 13.9 Å². The van der Waals surface area contributed by atoms with E-state index in [1.54, 1.807) is 23.6 Å². The minimum atomic E-state index is -0.426. The van der Waals surface area contributed by atoms with Crippen LogP contribution in [0, 0.1) is 11.2 Å². The van der Waals surface area contributed by atoms with Crippen LogP contribution in [0.15, 0.2) is 29.6 Å². The summed E-state index contributed by atoms with van der Waals surface area (Å²) in [5.74, 6) is -0.572. The summed E-state index contributed by atoms with van der Waals surface area (Å²) in [6, 6.07) is 5.88. The number of benzene rings is 1. The molecular formula is C15H18FN3O2S. The van der Waals surface area contributed by atoms with E-state index in [-0.39, 0.29) is 35.4 Å². The lowest BCUT2D eigenvalue weighted by molar-refractivity contribution is 0.0855. The number of para-hydroxylation sites is 1. The maximum absolute atomic E-state index is 13.6. The first-order valence-corrected chi connectivity index (χ1v) is 7.67. The van der Waals surface area contributed by atoms with Crippen LogP contribution in [0.3, 0.4) is 0 Å². The zero-order valence-electron chi connectivity index (χ0n) is 12.7. The lowest BCUT2D eigenvalue weighted by Crippen LogP contribution is -2.47. The molecule has 1 heterocycles. The normalized spacial score (nSPS) is 12.7. The average molecular weight is 323 g/mol. The van der Waals surface area contributed by atoms with Gasteiger partial charge < -0.3 is 10.1 Å². The highest BCUT2D eigenvalue weighted by molar-refractivity contribution is 7.03. The summed E-state index contributed by atoms with van der Waals surface area (Å²) in [7, 11) is 0. The van der Waals surface area contributed by atoms with E-state index in [0.29, 0.717) is 0 Å². The van der Waals surface area contributed by atoms with Gasteiger partial charge in [0.2, 0.25) is 0 Å². The van der Waals surface area contributed by atoms with Gasteiger partial charge in [-0.15, -0.1) is 5.10 Å². The van der Waals surface area contributed by atoms with Gasteiger partial charge in [-0.1, -0.05) is 37.4 Å². The third-order valence-corrected chi connectivity index (χ3v) is 3.69. The van der Waals surface area contributed by atoms with Crippen molar-refractivity contribution in [3.8, 4) is 5.75 Å². The molecule has 0 fully saturated rings. The lowest BCUT2D eigenvalue weighted by Gasteiger charge is -2.31. The second-order valence-electron chi connectivity index (χ2n) is 5.92. The molecule has 22 heavy (non-hydrogen) atoms. The van der Waals surface area contributed by atoms with Gasteiger partial charge in [-0.3, -0.25) is 4.79 Å². The molecule has 0 aliphatic carbocycles. The van der Waals surface area contributed by atoms with Crippen molar-refractivity contribution in [3.05, 3.63) is 41.2 Å². The fourth-order valence-electron chi connectivity index (χ4n) is 1.74. The maximum atomic E-state index is 13.6. The third-order valence-electron chi connectivity index (χ3n) is 3.19. The van der Waals surface area contributed by atoms with Crippen LogP contribution in [-0.4, -0.2) is 28.1 Å². The number of hydrogen-bond donors (Lipinski definition) is 1. The Morgan fingerprint density at radius 2 is 2.14 bits per heavy atom. The molecule has 118 valence electrons. The Kier molecular flexibility index (Phi) is 5.07. The van der Waals surface area contributed by atoms with Crippen molar-refractivity contribution in [2.75, 3.05) is 6.61 Å². The van der Waals surface area contributed by atoms with Crippen molar-refractivity contribution in [1.29, 1.82) is 0 Å². The number of nitrogens with zero attached hydrogens (tertiary/aromatic N) is 2. The van der Waals surface area contributed by atoms with Gasteiger partial charge in [-0.25, -0.2) is 4.39 Å². The summed E-state index contributed by atoms with van der Waals surface area (Å²) in [6.45, 7) is 6.08. The Morgan fingerprint density at radius 1 is 1.41 bits per heavy atom. The lowest BCUT2D eigenvalue weighted by atomic mass is 9.87. The van der Waals surface area contributed by atoms with Crippen LogP contribution in [0.4, 0.5) is 4.39 Å². The number of rotatable bonds is 5. The molecule has 0 aliphatic rings. The molecule has 1 atom stereocenters. The van der Waals surface area contributed by atoms with Gasteiger partial charge in [0.25, 0.3) is 5.91 Å². The van der Waals surface area contributed by atoms with Crippen LogP contribution in [0.2, 0.25) is 0 Å². The quantitative estimate of drug-likeness (QED) is 0.919. The number of nitrogens with one attached hydrogen (secondary N) is 1. The average Bonchev–Trinajstić information content (AvgIpc) is 2.97. The molecule has 1 aromatic heterocycles. The first-order valence-electron chi connectivity index (χ1n) is 6.83. The molecule has 5 nitrogen and oxygen atoms in total. The molecule has 2 aromatic rings. The number of aromatic nitrogens is 2. The van der Waals surface area contributed by atoms with E-state index in [1.807, 2.05) is 20.8 Å². The highest BCUT2D eigenvalue weighted by atomic mass is 32.1. The SMILES string of the molecule is CC(C)(C)[C@@H](COc1ccccc1F)NC(=O)c1csnn1. The Balaban J connectivity index is 2.04. The number of ether oxygens (including phenoxy) is 1. The van der Waals surface area contributed by atoms with E-state index < -0.39 is 5.82 Å². The largest absolute Gasteiger partial charge is 0.488 e. The van der Waals surface area contributed by atoms with Gasteiger partial charge in [-0.05, 0) is 29.1 Å². The molecule has 0 saturated heterocycles. The van der Waals surface area contributed by atoms with Crippen LogP contribution in [0.25, 0.3) is 0 Å². The monoisotopic (exact) mass is 323 g/mol. The summed E-state index contributed by atoms with van der Waals surface area (Å²) in [4.78, 5) is 12.1. The zero-order chi connectivity index (χ0) is 16.2. The number of carbonyl (C=O) groups excluding carboxylic acids is 1. The maximum Gasteiger partial charge on any atom is 0.273 e. The molecule has 0 radical (unpaired) electrons. The number of amides is 1. The molecule has 0 spiro atoms. The van der Waals surface area contributed by atoms with E-state index in [9.17, 15) is 9.18 Å². The summed E-state index contributed by atoms with van der Waals surface area (Å²) in [5.41, 5.74) is 0.00909. The Labute approximate surface area is 132 Å². The van der Waals surface area contributed by atoms with Gasteiger partial charge in [0, 0.05) is 5.38 Å². The van der Waals surface area contributed by atoms with E-state index >= 15 is 0 Å². The second kappa shape index (κ2) is 6.83. The molecule has 1 amide bonds. The summed E-state index contributed by atoms with van der Waals surface area (Å²) >= 11 is 1.11. The fourth-order valence-corrected chi connectivity index (χ4v) is 2.18. The highest BCUT2D eigenvalue weighted by Gasteiger charge is 2.28. The topological polar surface area (TPSA) is 64.1 Å². The standard InChI is InChI=1S/C15H18FN3O2S/c1-15(2,3)13(17-14(20)11-9-22-19-18-11)8-21-12-7-5-4-6-10(12)16/h4-7,9,13H,8H2,1-3H3,(H,17,20)/t13-/m1/s1. The molecule has 1 aromatic carbocycles. The molecule has 2 rings (SSSR count). The van der Waals surface area contributed by atoms with Crippen molar-refractivity contribution in [2.45, 2.75) is 26.8 Å². The van der Waals surface area contributed by atoms with Crippen LogP contribution in [0.5, 0.6) is 5.75 Å². The van der Waals surface area contributed by atoms with Crippen molar-refractivity contribution in [2.24, 2.45) is 5.41 Å². The predicted molar refractivity (Wildman–Crippen MR) is 82.5 cm³/mol. The van der Waals surface area contributed by atoms with Crippen LogP contribution >= 0.6 is 11.5 Å². The Hall–Kier alpha value is -2.02. The van der Waals surface area contributed by atoms with E-state index in [4.69, 9.17) is 4.74 Å². The first kappa shape index (κ1) is 16.4. The first-order chi connectivity index (χ1) is 10.4. The summed E-state index contributed by atoms with van der Waals surface area (Å²) in [5, 5.41) is 8.18. The van der Waals surface area contributed by atoms with Gasteiger partial charge in [0.1, 0.15) is 6.61 Å². The second-order valence-corrected chi connectivity index (χ2v) is 6.53. The van der Waals surface area contributed by atoms with Crippen molar-refractivity contribution >= 4 is 17.4 Å². The number of halogens is 1. The molecule has 1 N–H and O–H groups in total. The molecule has 7 heteroatoms. The van der Waals surface area contributed by atoms with E-state index in [1.165, 1.54) is 6.07 Å². The summed E-state index contributed by atoms with van der Waals surface area (Å²) in [6.07, 6.45) is 0. The zero-order valence-corrected chi connectivity index (χ0v) is 13.5. The van der Waals surface area contributed by atoms with Gasteiger partial charge in [0.05, 0.1) is 6.04 Å². The van der Waals surface area contributed by atoms with Crippen LogP contribution in [-0.2, 0) is 0 Å². The van der Waals surface area contributed by atoms with Crippen molar-refractivity contribution in [1.82, 2.24) is 14.9 Å². The van der Waals surface area contributed by atoms with Crippen LogP contribution in [0.1, 0.15) is 31.3 Å². The Bertz CT molecular complexity index is 626. The van der Waals surface area contributed by atoms with Gasteiger partial charge in [0.15, 0.2) is 17.3 Å². The highest BCUT2D eigenvalue weighted by Crippen LogP contribution is 2.22. The van der Waals surface area contributed by atoms with Crippen molar-refractivity contribution in [3.63, 3.8) is 0 Å². The molecule has 0 saturated carbocycles. The Morgan fingerprint density at radius 3 is 2.73 bits per heavy atom. The van der Waals surface area contributed by atoms with E-state index in [2.05, 4.69) is 14.9 Å². The van der Waals surface area contributed by atoms with Gasteiger partial charge in [-0.2, -0.15) is 0 Å². The predicted octanol–water partition coefficient (Wildman–Crippen LogP) is 2.90. The smallest absolute Gasteiger partial charge is 0.273 e. The summed E-state index contributed by atoms with van der Waals surface area (Å²) < 4.78 is 22.8. The minimum Gasteiger partial charge on any atom is -0.488 e. The number of carbonyl (C=O) groups is 1. The van der Waals surface area contributed by atoms with Gasteiger partial charge >= 0.3 is 0 Å². The molecule has 0 aliphatic heterocycles. The van der Waals surface area contributed by atoms with Crippen LogP contribution < -0.4 is 10.1 Å². The number of hydrogen-bond acceptors (Lipinski definition) is 5.